The van der Waals surface area contributed by atoms with Crippen LogP contribution in [0.25, 0.3) is 0 Å². The maximum absolute atomic E-state index is 3.14. The Labute approximate surface area is 93.9 Å². The van der Waals surface area contributed by atoms with Gasteiger partial charge in [-0.1, -0.05) is 44.7 Å². The highest BCUT2D eigenvalue weighted by Crippen LogP contribution is 2.12. The summed E-state index contributed by atoms with van der Waals surface area (Å²) in [6.45, 7) is 2.26. The van der Waals surface area contributed by atoms with Crippen LogP contribution >= 0.6 is 0 Å². The van der Waals surface area contributed by atoms with E-state index in [1.807, 2.05) is 7.05 Å². The van der Waals surface area contributed by atoms with E-state index >= 15 is 0 Å². The molecular weight excluding hydrogens is 182 g/mol. The van der Waals surface area contributed by atoms with Crippen LogP contribution in [0.1, 0.15) is 44.6 Å². The summed E-state index contributed by atoms with van der Waals surface area (Å²) in [4.78, 5) is 0. The van der Waals surface area contributed by atoms with Crippen molar-refractivity contribution in [1.82, 2.24) is 0 Å². The van der Waals surface area contributed by atoms with Gasteiger partial charge < -0.3 is 5.32 Å². The van der Waals surface area contributed by atoms with Crippen LogP contribution in [0.3, 0.4) is 0 Å². The second kappa shape index (κ2) is 7.33. The van der Waals surface area contributed by atoms with Crippen molar-refractivity contribution >= 4 is 5.69 Å². The number of benzene rings is 1. The number of anilines is 1. The Morgan fingerprint density at radius 2 is 1.60 bits per heavy atom. The van der Waals surface area contributed by atoms with Crippen LogP contribution < -0.4 is 5.32 Å². The molecule has 0 aliphatic rings. The Balaban J connectivity index is 2.20. The fraction of sp³-hybridized carbons (Fsp3) is 0.571. The first-order chi connectivity index (χ1) is 7.36. The number of hydrogen-bond acceptors (Lipinski definition) is 1. The predicted molar refractivity (Wildman–Crippen MR) is 68.5 cm³/mol. The third-order valence-corrected chi connectivity index (χ3v) is 2.81. The molecule has 15 heavy (non-hydrogen) atoms. The molecule has 1 N–H and O–H groups in total. The maximum atomic E-state index is 3.14. The number of rotatable bonds is 7. The summed E-state index contributed by atoms with van der Waals surface area (Å²) in [5.41, 5.74) is 2.66. The van der Waals surface area contributed by atoms with Gasteiger partial charge in [-0.2, -0.15) is 0 Å². The average molecular weight is 205 g/mol. The van der Waals surface area contributed by atoms with E-state index in [0.717, 1.165) is 0 Å². The number of aryl methyl sites for hydroxylation is 1. The summed E-state index contributed by atoms with van der Waals surface area (Å²) in [5, 5.41) is 3.14. The van der Waals surface area contributed by atoms with Gasteiger partial charge >= 0.3 is 0 Å². The maximum Gasteiger partial charge on any atom is 0.0337 e. The Morgan fingerprint density at radius 1 is 0.933 bits per heavy atom. The second-order valence-corrected chi connectivity index (χ2v) is 4.11. The van der Waals surface area contributed by atoms with Crippen LogP contribution in [-0.2, 0) is 6.42 Å². The number of nitrogens with one attached hydrogen (secondary N) is 1. The van der Waals surface area contributed by atoms with Gasteiger partial charge in [0.05, 0.1) is 0 Å². The second-order valence-electron chi connectivity index (χ2n) is 4.11. The summed E-state index contributed by atoms with van der Waals surface area (Å²) in [5.74, 6) is 0. The van der Waals surface area contributed by atoms with E-state index in [1.165, 1.54) is 49.8 Å². The Morgan fingerprint density at radius 3 is 2.20 bits per heavy atom. The normalized spacial score (nSPS) is 10.3. The summed E-state index contributed by atoms with van der Waals surface area (Å²) >= 11 is 0. The van der Waals surface area contributed by atoms with Crippen LogP contribution in [0.4, 0.5) is 5.69 Å². The number of unbranched alkanes of at least 4 members (excludes halogenated alkanes) is 4. The van der Waals surface area contributed by atoms with Gasteiger partial charge in [0.15, 0.2) is 0 Å². The first-order valence-electron chi connectivity index (χ1n) is 6.13. The molecule has 0 spiro atoms. The lowest BCUT2D eigenvalue weighted by atomic mass is 10.1. The van der Waals surface area contributed by atoms with Crippen molar-refractivity contribution in [2.24, 2.45) is 0 Å². The Bertz CT molecular complexity index is 251. The van der Waals surface area contributed by atoms with E-state index in [-0.39, 0.29) is 0 Å². The molecule has 0 saturated heterocycles. The molecule has 0 aromatic heterocycles. The van der Waals surface area contributed by atoms with Crippen molar-refractivity contribution < 1.29 is 0 Å². The van der Waals surface area contributed by atoms with E-state index in [2.05, 4.69) is 36.5 Å². The van der Waals surface area contributed by atoms with E-state index in [4.69, 9.17) is 0 Å². The molecule has 1 heteroatoms. The third kappa shape index (κ3) is 4.87. The van der Waals surface area contributed by atoms with Crippen molar-refractivity contribution in [3.63, 3.8) is 0 Å². The van der Waals surface area contributed by atoms with Crippen LogP contribution in [0, 0.1) is 0 Å². The first kappa shape index (κ1) is 12.1. The lowest BCUT2D eigenvalue weighted by Gasteiger charge is -2.03. The number of hydrogen-bond donors (Lipinski definition) is 1. The van der Waals surface area contributed by atoms with E-state index < -0.39 is 0 Å². The topological polar surface area (TPSA) is 12.0 Å². The molecule has 84 valence electrons. The summed E-state index contributed by atoms with van der Waals surface area (Å²) < 4.78 is 0. The summed E-state index contributed by atoms with van der Waals surface area (Å²) in [6.07, 6.45) is 8.05. The lowest BCUT2D eigenvalue weighted by Crippen LogP contribution is -1.89. The minimum atomic E-state index is 1.20. The molecule has 0 atom stereocenters. The van der Waals surface area contributed by atoms with Crippen molar-refractivity contribution in [1.29, 1.82) is 0 Å². The zero-order valence-corrected chi connectivity index (χ0v) is 10.1. The van der Waals surface area contributed by atoms with Crippen molar-refractivity contribution in [3.8, 4) is 0 Å². The standard InChI is InChI=1S/C14H23N/c1-3-4-5-6-7-8-13-9-11-14(15-2)12-10-13/h9-12,15H,3-8H2,1-2H3. The molecule has 0 aliphatic carbocycles. The molecule has 1 aromatic carbocycles. The minimum absolute atomic E-state index is 1.20. The zero-order chi connectivity index (χ0) is 10.9. The van der Waals surface area contributed by atoms with Gasteiger partial charge in [-0.25, -0.2) is 0 Å². The van der Waals surface area contributed by atoms with Crippen LogP contribution in [0.15, 0.2) is 24.3 Å². The largest absolute Gasteiger partial charge is 0.388 e. The van der Waals surface area contributed by atoms with Crippen LogP contribution in [-0.4, -0.2) is 7.05 Å². The highest BCUT2D eigenvalue weighted by molar-refractivity contribution is 5.43. The van der Waals surface area contributed by atoms with Gasteiger partial charge in [-0.3, -0.25) is 0 Å². The van der Waals surface area contributed by atoms with Gasteiger partial charge in [0, 0.05) is 12.7 Å². The van der Waals surface area contributed by atoms with Crippen LogP contribution in [0.2, 0.25) is 0 Å². The highest BCUT2D eigenvalue weighted by Gasteiger charge is 1.94. The molecule has 1 aromatic rings. The monoisotopic (exact) mass is 205 g/mol. The zero-order valence-electron chi connectivity index (χ0n) is 10.1. The molecule has 0 radical (unpaired) electrons. The molecule has 0 aliphatic heterocycles. The van der Waals surface area contributed by atoms with Crippen molar-refractivity contribution in [3.05, 3.63) is 29.8 Å². The van der Waals surface area contributed by atoms with Gasteiger partial charge in [0.2, 0.25) is 0 Å². The molecule has 1 rings (SSSR count). The molecule has 0 saturated carbocycles. The molecule has 0 bridgehead atoms. The average Bonchev–Trinajstić information content (AvgIpc) is 2.30. The van der Waals surface area contributed by atoms with E-state index in [0.29, 0.717) is 0 Å². The fourth-order valence-electron chi connectivity index (χ4n) is 1.77. The van der Waals surface area contributed by atoms with E-state index in [1.54, 1.807) is 0 Å². The minimum Gasteiger partial charge on any atom is -0.388 e. The molecule has 0 fully saturated rings. The van der Waals surface area contributed by atoms with Gasteiger partial charge in [-0.15, -0.1) is 0 Å². The Hall–Kier alpha value is -0.980. The van der Waals surface area contributed by atoms with Crippen molar-refractivity contribution in [2.75, 3.05) is 12.4 Å². The highest BCUT2D eigenvalue weighted by atomic mass is 14.8. The Kier molecular flexibility index (Phi) is 5.91. The van der Waals surface area contributed by atoms with Crippen LogP contribution in [0.5, 0.6) is 0 Å². The van der Waals surface area contributed by atoms with Gasteiger partial charge in [-0.05, 0) is 30.5 Å². The van der Waals surface area contributed by atoms with Gasteiger partial charge in [0.25, 0.3) is 0 Å². The van der Waals surface area contributed by atoms with E-state index in [9.17, 15) is 0 Å². The molecule has 0 amide bonds. The predicted octanol–water partition coefficient (Wildman–Crippen LogP) is 4.24. The molecule has 1 nitrogen and oxygen atoms in total. The smallest absolute Gasteiger partial charge is 0.0337 e. The fourth-order valence-corrected chi connectivity index (χ4v) is 1.77. The lowest BCUT2D eigenvalue weighted by molar-refractivity contribution is 0.632. The SMILES string of the molecule is CCCCCCCc1ccc(NC)cc1. The first-order valence-corrected chi connectivity index (χ1v) is 6.13. The summed E-state index contributed by atoms with van der Waals surface area (Å²) in [7, 11) is 1.96. The van der Waals surface area contributed by atoms with Crippen molar-refractivity contribution in [2.45, 2.75) is 45.4 Å². The molecule has 0 heterocycles. The molecule has 0 unspecified atom stereocenters. The van der Waals surface area contributed by atoms with Gasteiger partial charge in [0.1, 0.15) is 0 Å². The quantitative estimate of drug-likeness (QED) is 0.656. The molecular formula is C14H23N. The summed E-state index contributed by atoms with van der Waals surface area (Å²) in [6, 6.07) is 8.76. The third-order valence-electron chi connectivity index (χ3n) is 2.81.